The van der Waals surface area contributed by atoms with Crippen molar-refractivity contribution in [3.63, 3.8) is 0 Å². The Morgan fingerprint density at radius 3 is 2.87 bits per heavy atom. The molecule has 1 aromatic heterocycles. The molecule has 1 fully saturated rings. The van der Waals surface area contributed by atoms with Gasteiger partial charge in [-0.1, -0.05) is 19.9 Å². The Hall–Kier alpha value is -0.830. The van der Waals surface area contributed by atoms with Gasteiger partial charge in [-0.3, -0.25) is 4.99 Å². The monoisotopic (exact) mass is 222 g/mol. The van der Waals surface area contributed by atoms with Gasteiger partial charge in [-0.05, 0) is 24.3 Å². The van der Waals surface area contributed by atoms with Gasteiger partial charge >= 0.3 is 0 Å². The number of hydrogen-bond acceptors (Lipinski definition) is 2. The van der Waals surface area contributed by atoms with Crippen molar-refractivity contribution in [2.75, 3.05) is 6.54 Å². The number of nitrogens with zero attached hydrogens (tertiary/aromatic N) is 1. The highest BCUT2D eigenvalue weighted by Crippen LogP contribution is 2.31. The summed E-state index contributed by atoms with van der Waals surface area (Å²) >= 11 is 1.80. The quantitative estimate of drug-likeness (QED) is 0.617. The Labute approximate surface area is 95.2 Å². The van der Waals surface area contributed by atoms with Crippen LogP contribution >= 0.6 is 11.3 Å². The summed E-state index contributed by atoms with van der Waals surface area (Å²) in [5.41, 5.74) is 6.01. The maximum Gasteiger partial charge on any atom is 0.0968 e. The van der Waals surface area contributed by atoms with E-state index in [9.17, 15) is 0 Å². The zero-order valence-electron chi connectivity index (χ0n) is 9.36. The van der Waals surface area contributed by atoms with Crippen LogP contribution in [-0.4, -0.2) is 12.4 Å². The molecule has 2 N–H and O–H groups in total. The molecule has 0 radical (unpaired) electrons. The van der Waals surface area contributed by atoms with Gasteiger partial charge < -0.3 is 5.73 Å². The van der Waals surface area contributed by atoms with E-state index in [1.165, 1.54) is 17.7 Å². The fourth-order valence-electron chi connectivity index (χ4n) is 1.54. The first kappa shape index (κ1) is 10.7. The zero-order chi connectivity index (χ0) is 10.9. The molecular weight excluding hydrogens is 204 g/mol. The summed E-state index contributed by atoms with van der Waals surface area (Å²) in [6, 6.07) is 4.27. The number of thiophene rings is 1. The first-order valence-corrected chi connectivity index (χ1v) is 6.31. The molecule has 1 aliphatic rings. The second-order valence-corrected chi connectivity index (χ2v) is 5.82. The molecule has 0 amide bonds. The first-order chi connectivity index (χ1) is 7.09. The molecule has 0 spiro atoms. The normalized spacial score (nSPS) is 18.1. The second kappa shape index (κ2) is 3.97. The van der Waals surface area contributed by atoms with Gasteiger partial charge in [0.15, 0.2) is 0 Å². The minimum Gasteiger partial charge on any atom is -0.387 e. The maximum absolute atomic E-state index is 5.89. The van der Waals surface area contributed by atoms with Gasteiger partial charge in [0.05, 0.1) is 12.4 Å². The second-order valence-electron chi connectivity index (χ2n) is 4.88. The highest BCUT2D eigenvalue weighted by Gasteiger charge is 2.27. The standard InChI is InChI=1S/C12H18N2S/c1-12(2,10-4-3-7-15-10)8-14-11(13)9-5-6-9/h3-4,7,9H,5-6,8H2,1-2H3,(H2,13,14). The van der Waals surface area contributed by atoms with Crippen LogP contribution in [0.15, 0.2) is 22.5 Å². The molecule has 1 aliphatic carbocycles. The molecule has 2 nitrogen and oxygen atoms in total. The lowest BCUT2D eigenvalue weighted by Crippen LogP contribution is -2.23. The Balaban J connectivity index is 2.01. The molecule has 1 saturated carbocycles. The number of hydrogen-bond donors (Lipinski definition) is 1. The fourth-order valence-corrected chi connectivity index (χ4v) is 2.38. The summed E-state index contributed by atoms with van der Waals surface area (Å²) in [4.78, 5) is 5.90. The van der Waals surface area contributed by atoms with E-state index in [2.05, 4.69) is 36.4 Å². The van der Waals surface area contributed by atoms with Crippen molar-refractivity contribution in [2.45, 2.75) is 32.1 Å². The van der Waals surface area contributed by atoms with Crippen LogP contribution in [0.5, 0.6) is 0 Å². The number of aliphatic imine (C=N–C) groups is 1. The predicted octanol–water partition coefficient (Wildman–Crippen LogP) is 2.79. The number of amidine groups is 1. The molecule has 15 heavy (non-hydrogen) atoms. The molecular formula is C12H18N2S. The van der Waals surface area contributed by atoms with E-state index in [0.717, 1.165) is 12.4 Å². The smallest absolute Gasteiger partial charge is 0.0968 e. The van der Waals surface area contributed by atoms with Crippen LogP contribution in [0.25, 0.3) is 0 Å². The molecule has 1 heterocycles. The van der Waals surface area contributed by atoms with Crippen molar-refractivity contribution in [3.8, 4) is 0 Å². The molecule has 0 atom stereocenters. The minimum absolute atomic E-state index is 0.119. The van der Waals surface area contributed by atoms with Gasteiger partial charge in [0, 0.05) is 16.2 Å². The summed E-state index contributed by atoms with van der Waals surface area (Å²) in [7, 11) is 0. The molecule has 0 bridgehead atoms. The summed E-state index contributed by atoms with van der Waals surface area (Å²) < 4.78 is 0. The van der Waals surface area contributed by atoms with Crippen LogP contribution in [0.1, 0.15) is 31.6 Å². The largest absolute Gasteiger partial charge is 0.387 e. The minimum atomic E-state index is 0.119. The molecule has 0 aromatic carbocycles. The van der Waals surface area contributed by atoms with E-state index in [0.29, 0.717) is 5.92 Å². The van der Waals surface area contributed by atoms with Crippen LogP contribution in [0, 0.1) is 5.92 Å². The van der Waals surface area contributed by atoms with Gasteiger partial charge in [-0.25, -0.2) is 0 Å². The van der Waals surface area contributed by atoms with Crippen molar-refractivity contribution in [2.24, 2.45) is 16.6 Å². The molecule has 2 rings (SSSR count). The van der Waals surface area contributed by atoms with Gasteiger partial charge in [0.2, 0.25) is 0 Å². The molecule has 0 aliphatic heterocycles. The Bertz CT molecular complexity index is 348. The van der Waals surface area contributed by atoms with E-state index in [-0.39, 0.29) is 5.41 Å². The average molecular weight is 222 g/mol. The summed E-state index contributed by atoms with van der Waals surface area (Å²) in [6.07, 6.45) is 2.46. The van der Waals surface area contributed by atoms with Crippen LogP contribution in [0.4, 0.5) is 0 Å². The van der Waals surface area contributed by atoms with Crippen molar-refractivity contribution in [3.05, 3.63) is 22.4 Å². The van der Waals surface area contributed by atoms with Crippen molar-refractivity contribution >= 4 is 17.2 Å². The van der Waals surface area contributed by atoms with Gasteiger partial charge in [-0.15, -0.1) is 11.3 Å². The summed E-state index contributed by atoms with van der Waals surface area (Å²) in [5.74, 6) is 1.45. The van der Waals surface area contributed by atoms with E-state index >= 15 is 0 Å². The molecule has 0 saturated heterocycles. The molecule has 0 unspecified atom stereocenters. The van der Waals surface area contributed by atoms with Crippen LogP contribution in [-0.2, 0) is 5.41 Å². The lowest BCUT2D eigenvalue weighted by Gasteiger charge is -2.20. The summed E-state index contributed by atoms with van der Waals surface area (Å²) in [5, 5.41) is 2.12. The van der Waals surface area contributed by atoms with Crippen LogP contribution < -0.4 is 5.73 Å². The third-order valence-electron chi connectivity index (χ3n) is 2.84. The summed E-state index contributed by atoms with van der Waals surface area (Å²) in [6.45, 7) is 5.25. The highest BCUT2D eigenvalue weighted by molar-refractivity contribution is 7.10. The third kappa shape index (κ3) is 2.59. The van der Waals surface area contributed by atoms with Gasteiger partial charge in [0.25, 0.3) is 0 Å². The Morgan fingerprint density at radius 1 is 1.60 bits per heavy atom. The third-order valence-corrected chi connectivity index (χ3v) is 4.08. The Kier molecular flexibility index (Phi) is 2.83. The lowest BCUT2D eigenvalue weighted by atomic mass is 9.92. The van der Waals surface area contributed by atoms with E-state index in [4.69, 9.17) is 5.73 Å². The fraction of sp³-hybridized carbons (Fsp3) is 0.583. The topological polar surface area (TPSA) is 38.4 Å². The van der Waals surface area contributed by atoms with E-state index in [1.54, 1.807) is 11.3 Å². The Morgan fingerprint density at radius 2 is 2.33 bits per heavy atom. The number of rotatable bonds is 4. The van der Waals surface area contributed by atoms with Gasteiger partial charge in [-0.2, -0.15) is 0 Å². The predicted molar refractivity (Wildman–Crippen MR) is 66.6 cm³/mol. The van der Waals surface area contributed by atoms with E-state index in [1.807, 2.05) is 0 Å². The lowest BCUT2D eigenvalue weighted by molar-refractivity contribution is 0.551. The van der Waals surface area contributed by atoms with Gasteiger partial charge in [0.1, 0.15) is 0 Å². The average Bonchev–Trinajstić information content (AvgIpc) is 2.89. The van der Waals surface area contributed by atoms with Crippen LogP contribution in [0.3, 0.4) is 0 Å². The van der Waals surface area contributed by atoms with E-state index < -0.39 is 0 Å². The van der Waals surface area contributed by atoms with Crippen LogP contribution in [0.2, 0.25) is 0 Å². The maximum atomic E-state index is 5.89. The SMILES string of the molecule is CC(C)(CN=C(N)C1CC1)c1cccs1. The zero-order valence-corrected chi connectivity index (χ0v) is 10.2. The molecule has 1 aromatic rings. The molecule has 82 valence electrons. The van der Waals surface area contributed by atoms with Crippen molar-refractivity contribution in [1.82, 2.24) is 0 Å². The number of nitrogens with two attached hydrogens (primary N) is 1. The van der Waals surface area contributed by atoms with Crippen molar-refractivity contribution in [1.29, 1.82) is 0 Å². The molecule has 3 heteroatoms. The highest BCUT2D eigenvalue weighted by atomic mass is 32.1. The first-order valence-electron chi connectivity index (χ1n) is 5.43. The van der Waals surface area contributed by atoms with Crippen molar-refractivity contribution < 1.29 is 0 Å².